The first-order chi connectivity index (χ1) is 9.74. The monoisotopic (exact) mass is 275 g/mol. The van der Waals surface area contributed by atoms with E-state index >= 15 is 0 Å². The number of hydrogen-bond donors (Lipinski definition) is 1. The summed E-state index contributed by atoms with van der Waals surface area (Å²) in [6.45, 7) is 7.41. The minimum atomic E-state index is 0.205. The zero-order valence-corrected chi connectivity index (χ0v) is 13.0. The summed E-state index contributed by atoms with van der Waals surface area (Å²) in [5, 5.41) is 0. The first-order valence-corrected chi connectivity index (χ1v) is 8.08. The molecule has 0 spiro atoms. The molecule has 2 unspecified atom stereocenters. The molecule has 1 heterocycles. The van der Waals surface area contributed by atoms with Gasteiger partial charge in [-0.3, -0.25) is 9.88 Å². The van der Waals surface area contributed by atoms with Crippen LogP contribution >= 0.6 is 0 Å². The van der Waals surface area contributed by atoms with Gasteiger partial charge in [-0.25, -0.2) is 0 Å². The largest absolute Gasteiger partial charge is 0.329 e. The molecular weight excluding hydrogens is 246 g/mol. The van der Waals surface area contributed by atoms with Gasteiger partial charge in [-0.2, -0.15) is 0 Å². The number of rotatable bonds is 6. The minimum Gasteiger partial charge on any atom is -0.329 e. The van der Waals surface area contributed by atoms with Crippen LogP contribution in [0, 0.1) is 5.92 Å². The van der Waals surface area contributed by atoms with Crippen LogP contribution < -0.4 is 5.73 Å². The van der Waals surface area contributed by atoms with Gasteiger partial charge in [0.15, 0.2) is 0 Å². The first kappa shape index (κ1) is 15.5. The molecule has 0 radical (unpaired) electrons. The van der Waals surface area contributed by atoms with E-state index in [1.54, 1.807) is 0 Å². The quantitative estimate of drug-likeness (QED) is 0.867. The second-order valence-electron chi connectivity index (χ2n) is 6.17. The van der Waals surface area contributed by atoms with Crippen LogP contribution in [0.4, 0.5) is 0 Å². The van der Waals surface area contributed by atoms with Gasteiger partial charge in [-0.05, 0) is 43.0 Å². The third-order valence-electron chi connectivity index (χ3n) is 5.06. The minimum absolute atomic E-state index is 0.205. The summed E-state index contributed by atoms with van der Waals surface area (Å²) in [7, 11) is 0. The summed E-state index contributed by atoms with van der Waals surface area (Å²) in [6.07, 6.45) is 10.3. The van der Waals surface area contributed by atoms with Gasteiger partial charge in [0.05, 0.1) is 0 Å². The smallest absolute Gasteiger partial charge is 0.0337 e. The van der Waals surface area contributed by atoms with Gasteiger partial charge < -0.3 is 5.73 Å². The first-order valence-electron chi connectivity index (χ1n) is 8.08. The molecule has 1 aliphatic rings. The number of nitrogens with zero attached hydrogens (tertiary/aromatic N) is 2. The molecule has 1 aromatic heterocycles. The predicted octanol–water partition coefficient (Wildman–Crippen LogP) is 3.20. The van der Waals surface area contributed by atoms with E-state index in [9.17, 15) is 0 Å². The molecule has 2 atom stereocenters. The lowest BCUT2D eigenvalue weighted by molar-refractivity contribution is 0.0323. The van der Waals surface area contributed by atoms with Crippen LogP contribution in [-0.2, 0) is 6.54 Å². The number of pyridine rings is 1. The van der Waals surface area contributed by atoms with E-state index in [1.807, 2.05) is 12.4 Å². The van der Waals surface area contributed by atoms with Gasteiger partial charge in [-0.15, -0.1) is 0 Å². The molecule has 0 aliphatic heterocycles. The molecule has 2 N–H and O–H groups in total. The van der Waals surface area contributed by atoms with Crippen molar-refractivity contribution in [2.45, 2.75) is 58.0 Å². The lowest BCUT2D eigenvalue weighted by Gasteiger charge is -2.48. The van der Waals surface area contributed by atoms with E-state index in [2.05, 4.69) is 35.9 Å². The summed E-state index contributed by atoms with van der Waals surface area (Å²) < 4.78 is 0. The summed E-state index contributed by atoms with van der Waals surface area (Å²) >= 11 is 0. The van der Waals surface area contributed by atoms with E-state index in [-0.39, 0.29) is 5.54 Å². The molecular formula is C17H29N3. The van der Waals surface area contributed by atoms with E-state index < -0.39 is 0 Å². The highest BCUT2D eigenvalue weighted by Crippen LogP contribution is 2.38. The lowest BCUT2D eigenvalue weighted by atomic mass is 9.73. The zero-order valence-electron chi connectivity index (χ0n) is 13.0. The summed E-state index contributed by atoms with van der Waals surface area (Å²) in [5.74, 6) is 0.846. The fourth-order valence-corrected chi connectivity index (χ4v) is 3.73. The molecule has 0 aromatic carbocycles. The topological polar surface area (TPSA) is 42.1 Å². The normalized spacial score (nSPS) is 26.9. The van der Waals surface area contributed by atoms with Crippen LogP contribution in [0.3, 0.4) is 0 Å². The van der Waals surface area contributed by atoms with Crippen molar-refractivity contribution in [3.63, 3.8) is 0 Å². The highest BCUT2D eigenvalue weighted by molar-refractivity contribution is 5.11. The van der Waals surface area contributed by atoms with E-state index in [4.69, 9.17) is 5.73 Å². The van der Waals surface area contributed by atoms with Crippen molar-refractivity contribution in [2.24, 2.45) is 11.7 Å². The maximum atomic E-state index is 6.23. The number of hydrogen-bond acceptors (Lipinski definition) is 3. The van der Waals surface area contributed by atoms with Gasteiger partial charge >= 0.3 is 0 Å². The Bertz CT molecular complexity index is 392. The molecule has 0 amide bonds. The fraction of sp³-hybridized carbons (Fsp3) is 0.706. The highest BCUT2D eigenvalue weighted by Gasteiger charge is 2.38. The van der Waals surface area contributed by atoms with Crippen LogP contribution in [0.25, 0.3) is 0 Å². The van der Waals surface area contributed by atoms with Crippen molar-refractivity contribution < 1.29 is 0 Å². The Balaban J connectivity index is 2.14. The Morgan fingerprint density at radius 1 is 1.35 bits per heavy atom. The van der Waals surface area contributed by atoms with Crippen molar-refractivity contribution in [3.8, 4) is 0 Å². The average Bonchev–Trinajstić information content (AvgIpc) is 2.53. The molecule has 1 aromatic rings. The third kappa shape index (κ3) is 3.39. The molecule has 1 aliphatic carbocycles. The standard InChI is InChI=1S/C17H29N3/c1-3-15-6-5-9-17(12-15,14-18)20(4-2)13-16-7-10-19-11-8-16/h7-8,10-11,15H,3-6,9,12-14,18H2,1-2H3. The Hall–Kier alpha value is -0.930. The molecule has 20 heavy (non-hydrogen) atoms. The van der Waals surface area contributed by atoms with Gasteiger partial charge in [-0.1, -0.05) is 33.1 Å². The van der Waals surface area contributed by atoms with Crippen LogP contribution in [0.15, 0.2) is 24.5 Å². The Kier molecular flexibility index (Phi) is 5.55. The maximum Gasteiger partial charge on any atom is 0.0337 e. The molecule has 0 bridgehead atoms. The average molecular weight is 275 g/mol. The summed E-state index contributed by atoms with van der Waals surface area (Å²) in [4.78, 5) is 6.71. The number of aromatic nitrogens is 1. The van der Waals surface area contributed by atoms with Crippen LogP contribution in [-0.4, -0.2) is 28.5 Å². The fourth-order valence-electron chi connectivity index (χ4n) is 3.73. The van der Waals surface area contributed by atoms with Crippen molar-refractivity contribution in [1.29, 1.82) is 0 Å². The van der Waals surface area contributed by atoms with Gasteiger partial charge in [0.1, 0.15) is 0 Å². The predicted molar refractivity (Wildman–Crippen MR) is 84.4 cm³/mol. The molecule has 3 heteroatoms. The third-order valence-corrected chi connectivity index (χ3v) is 5.06. The highest BCUT2D eigenvalue weighted by atomic mass is 15.2. The van der Waals surface area contributed by atoms with E-state index in [1.165, 1.54) is 37.7 Å². The maximum absolute atomic E-state index is 6.23. The molecule has 1 fully saturated rings. The molecule has 112 valence electrons. The lowest BCUT2D eigenvalue weighted by Crippen LogP contribution is -2.55. The van der Waals surface area contributed by atoms with Gasteiger partial charge in [0.25, 0.3) is 0 Å². The summed E-state index contributed by atoms with van der Waals surface area (Å²) in [5.41, 5.74) is 7.78. The Morgan fingerprint density at radius 2 is 2.10 bits per heavy atom. The molecule has 2 rings (SSSR count). The Labute approximate surface area is 123 Å². The second kappa shape index (κ2) is 7.19. The van der Waals surface area contributed by atoms with E-state index in [0.29, 0.717) is 0 Å². The van der Waals surface area contributed by atoms with Crippen molar-refractivity contribution in [2.75, 3.05) is 13.1 Å². The Morgan fingerprint density at radius 3 is 2.70 bits per heavy atom. The van der Waals surface area contributed by atoms with Crippen LogP contribution in [0.5, 0.6) is 0 Å². The molecule has 1 saturated carbocycles. The zero-order chi connectivity index (χ0) is 14.4. The van der Waals surface area contributed by atoms with Crippen molar-refractivity contribution >= 4 is 0 Å². The van der Waals surface area contributed by atoms with Crippen molar-refractivity contribution in [3.05, 3.63) is 30.1 Å². The van der Waals surface area contributed by atoms with Crippen LogP contribution in [0.1, 0.15) is 51.5 Å². The molecule has 0 saturated heterocycles. The van der Waals surface area contributed by atoms with Gasteiger partial charge in [0, 0.05) is 31.0 Å². The molecule has 3 nitrogen and oxygen atoms in total. The van der Waals surface area contributed by atoms with Gasteiger partial charge in [0.2, 0.25) is 0 Å². The van der Waals surface area contributed by atoms with E-state index in [0.717, 1.165) is 25.6 Å². The SMILES string of the molecule is CCC1CCCC(CN)(N(CC)Cc2ccncc2)C1. The van der Waals surface area contributed by atoms with Crippen molar-refractivity contribution in [1.82, 2.24) is 9.88 Å². The second-order valence-corrected chi connectivity index (χ2v) is 6.17. The number of nitrogens with two attached hydrogens (primary N) is 1. The number of likely N-dealkylation sites (N-methyl/N-ethyl adjacent to an activating group) is 1. The van der Waals surface area contributed by atoms with Crippen LogP contribution in [0.2, 0.25) is 0 Å². The summed E-state index contributed by atoms with van der Waals surface area (Å²) in [6, 6.07) is 4.24.